The van der Waals surface area contributed by atoms with Gasteiger partial charge in [0.2, 0.25) is 0 Å². The van der Waals surface area contributed by atoms with E-state index in [1.54, 1.807) is 12.3 Å². The molecule has 0 saturated carbocycles. The summed E-state index contributed by atoms with van der Waals surface area (Å²) in [6, 6.07) is 1.75. The normalized spacial score (nSPS) is 9.83. The van der Waals surface area contributed by atoms with E-state index in [2.05, 4.69) is 25.9 Å². The van der Waals surface area contributed by atoms with Gasteiger partial charge in [-0.25, -0.2) is 9.97 Å². The first-order valence-corrected chi connectivity index (χ1v) is 4.59. The summed E-state index contributed by atoms with van der Waals surface area (Å²) in [5.74, 6) is 0.520. The summed E-state index contributed by atoms with van der Waals surface area (Å²) in [5, 5.41) is 7.58. The highest BCUT2D eigenvalue weighted by Gasteiger charge is 2.02. The van der Waals surface area contributed by atoms with Crippen LogP contribution in [-0.2, 0) is 0 Å². The first-order chi connectivity index (χ1) is 5.74. The molecule has 0 aromatic carbocycles. The Kier molecular flexibility index (Phi) is 3.34. The Labute approximate surface area is 79.9 Å². The zero-order valence-corrected chi connectivity index (χ0v) is 8.43. The van der Waals surface area contributed by atoms with Gasteiger partial charge in [-0.2, -0.15) is 0 Å². The van der Waals surface area contributed by atoms with Crippen molar-refractivity contribution in [1.82, 2.24) is 9.97 Å². The van der Waals surface area contributed by atoms with Crippen molar-refractivity contribution in [2.75, 3.05) is 0 Å². The highest BCUT2D eigenvalue weighted by atomic mass is 79.9. The predicted octanol–water partition coefficient (Wildman–Crippen LogP) is 2.41. The lowest BCUT2D eigenvalue weighted by atomic mass is 10.2. The minimum Gasteiger partial charge on any atom is -0.301 e. The molecule has 12 heavy (non-hydrogen) atoms. The Morgan fingerprint density at radius 2 is 2.42 bits per heavy atom. The van der Waals surface area contributed by atoms with Crippen LogP contribution in [0, 0.1) is 5.41 Å². The van der Waals surface area contributed by atoms with Crippen molar-refractivity contribution in [3.05, 3.63) is 22.7 Å². The third-order valence-electron chi connectivity index (χ3n) is 1.39. The number of aromatic nitrogens is 2. The van der Waals surface area contributed by atoms with Gasteiger partial charge < -0.3 is 5.41 Å². The smallest absolute Gasteiger partial charge is 0.174 e. The van der Waals surface area contributed by atoms with E-state index in [0.717, 1.165) is 17.4 Å². The van der Waals surface area contributed by atoms with E-state index in [1.165, 1.54) is 0 Å². The molecule has 0 aliphatic rings. The monoisotopic (exact) mass is 227 g/mol. The summed E-state index contributed by atoms with van der Waals surface area (Å²) in [6.07, 6.45) is 3.34. The zero-order valence-electron chi connectivity index (χ0n) is 6.84. The van der Waals surface area contributed by atoms with Crippen molar-refractivity contribution in [1.29, 1.82) is 5.41 Å². The van der Waals surface area contributed by atoms with E-state index in [4.69, 9.17) is 5.41 Å². The van der Waals surface area contributed by atoms with E-state index in [-0.39, 0.29) is 0 Å². The second-order valence-electron chi connectivity index (χ2n) is 2.43. The number of nitrogens with zero attached hydrogens (tertiary/aromatic N) is 2. The third-order valence-corrected chi connectivity index (χ3v) is 1.83. The second-order valence-corrected chi connectivity index (χ2v) is 3.24. The topological polar surface area (TPSA) is 49.6 Å². The van der Waals surface area contributed by atoms with Gasteiger partial charge in [-0.15, -0.1) is 0 Å². The van der Waals surface area contributed by atoms with Gasteiger partial charge >= 0.3 is 0 Å². The minimum atomic E-state index is 0.499. The Morgan fingerprint density at radius 3 is 3.00 bits per heavy atom. The fraction of sp³-hybridized carbons (Fsp3) is 0.375. The molecule has 0 atom stereocenters. The van der Waals surface area contributed by atoms with Crippen molar-refractivity contribution >= 4 is 21.6 Å². The molecule has 1 aromatic heterocycles. The molecular weight excluding hydrogens is 218 g/mol. The Bertz CT molecular complexity index is 285. The van der Waals surface area contributed by atoms with Gasteiger partial charge in [0.1, 0.15) is 4.60 Å². The number of hydrogen-bond donors (Lipinski definition) is 1. The first-order valence-electron chi connectivity index (χ1n) is 3.80. The molecule has 64 valence electrons. The maximum Gasteiger partial charge on any atom is 0.174 e. The second kappa shape index (κ2) is 4.30. The van der Waals surface area contributed by atoms with Gasteiger partial charge in [0.25, 0.3) is 0 Å². The average molecular weight is 228 g/mol. The molecular formula is C8H10BrN3. The molecule has 0 radical (unpaired) electrons. The molecule has 1 N–H and O–H groups in total. The van der Waals surface area contributed by atoms with E-state index < -0.39 is 0 Å². The highest BCUT2D eigenvalue weighted by molar-refractivity contribution is 9.10. The van der Waals surface area contributed by atoms with Crippen molar-refractivity contribution < 1.29 is 0 Å². The quantitative estimate of drug-likeness (QED) is 0.637. The molecule has 1 heterocycles. The molecule has 0 spiro atoms. The zero-order chi connectivity index (χ0) is 8.97. The molecule has 0 bridgehead atoms. The van der Waals surface area contributed by atoms with Crippen LogP contribution in [0.1, 0.15) is 25.6 Å². The van der Waals surface area contributed by atoms with Crippen LogP contribution in [0.2, 0.25) is 0 Å². The number of halogens is 1. The summed E-state index contributed by atoms with van der Waals surface area (Å²) in [5.41, 5.74) is 0.499. The van der Waals surface area contributed by atoms with Crippen LogP contribution in [0.3, 0.4) is 0 Å². The SMILES string of the molecule is CCCC(=N)c1nccc(Br)n1. The molecule has 0 fully saturated rings. The molecule has 1 aromatic rings. The molecule has 0 aliphatic heterocycles. The Hall–Kier alpha value is -0.770. The molecule has 4 heteroatoms. The van der Waals surface area contributed by atoms with E-state index in [1.807, 2.05) is 6.92 Å². The van der Waals surface area contributed by atoms with Gasteiger partial charge in [0, 0.05) is 6.20 Å². The summed E-state index contributed by atoms with van der Waals surface area (Å²) < 4.78 is 0.730. The lowest BCUT2D eigenvalue weighted by Gasteiger charge is -1.99. The van der Waals surface area contributed by atoms with Crippen molar-refractivity contribution in [2.45, 2.75) is 19.8 Å². The van der Waals surface area contributed by atoms with Crippen LogP contribution in [-0.4, -0.2) is 15.7 Å². The standard InChI is InChI=1S/C8H10BrN3/c1-2-3-6(10)8-11-5-4-7(9)12-8/h4-5,10H,2-3H2,1H3. The molecule has 0 saturated heterocycles. The maximum absolute atomic E-state index is 7.58. The largest absolute Gasteiger partial charge is 0.301 e. The van der Waals surface area contributed by atoms with E-state index >= 15 is 0 Å². The van der Waals surface area contributed by atoms with Crippen LogP contribution in [0.4, 0.5) is 0 Å². The average Bonchev–Trinajstić information content (AvgIpc) is 2.05. The number of nitrogens with one attached hydrogen (secondary N) is 1. The van der Waals surface area contributed by atoms with Crippen LogP contribution < -0.4 is 0 Å². The lowest BCUT2D eigenvalue weighted by molar-refractivity contribution is 0.963. The maximum atomic E-state index is 7.58. The minimum absolute atomic E-state index is 0.499. The van der Waals surface area contributed by atoms with Gasteiger partial charge in [0.05, 0.1) is 5.71 Å². The van der Waals surface area contributed by atoms with Crippen molar-refractivity contribution in [3.63, 3.8) is 0 Å². The Balaban J connectivity index is 2.81. The van der Waals surface area contributed by atoms with E-state index in [0.29, 0.717) is 11.5 Å². The van der Waals surface area contributed by atoms with Gasteiger partial charge in [-0.05, 0) is 28.4 Å². The van der Waals surface area contributed by atoms with Crippen LogP contribution in [0.15, 0.2) is 16.9 Å². The molecule has 0 aliphatic carbocycles. The first kappa shape index (κ1) is 9.32. The summed E-state index contributed by atoms with van der Waals surface area (Å²) in [7, 11) is 0. The third kappa shape index (κ3) is 2.37. The lowest BCUT2D eigenvalue weighted by Crippen LogP contribution is -2.04. The van der Waals surface area contributed by atoms with Crippen LogP contribution >= 0.6 is 15.9 Å². The fourth-order valence-corrected chi connectivity index (χ4v) is 1.13. The Morgan fingerprint density at radius 1 is 1.67 bits per heavy atom. The van der Waals surface area contributed by atoms with E-state index in [9.17, 15) is 0 Å². The van der Waals surface area contributed by atoms with Crippen molar-refractivity contribution in [3.8, 4) is 0 Å². The van der Waals surface area contributed by atoms with Crippen molar-refractivity contribution in [2.24, 2.45) is 0 Å². The van der Waals surface area contributed by atoms with Crippen LogP contribution in [0.5, 0.6) is 0 Å². The molecule has 0 unspecified atom stereocenters. The number of rotatable bonds is 3. The summed E-state index contributed by atoms with van der Waals surface area (Å²) in [6.45, 7) is 2.03. The van der Waals surface area contributed by atoms with Gasteiger partial charge in [-0.3, -0.25) is 0 Å². The predicted molar refractivity (Wildman–Crippen MR) is 51.5 cm³/mol. The summed E-state index contributed by atoms with van der Waals surface area (Å²) >= 11 is 3.23. The van der Waals surface area contributed by atoms with Crippen LogP contribution in [0.25, 0.3) is 0 Å². The molecule has 3 nitrogen and oxygen atoms in total. The highest BCUT2D eigenvalue weighted by Crippen LogP contribution is 2.05. The van der Waals surface area contributed by atoms with Gasteiger partial charge in [0.15, 0.2) is 5.82 Å². The van der Waals surface area contributed by atoms with Gasteiger partial charge in [-0.1, -0.05) is 13.3 Å². The number of hydrogen-bond acceptors (Lipinski definition) is 3. The fourth-order valence-electron chi connectivity index (χ4n) is 0.844. The summed E-state index contributed by atoms with van der Waals surface area (Å²) in [4.78, 5) is 8.07. The molecule has 1 rings (SSSR count). The molecule has 0 amide bonds.